The topological polar surface area (TPSA) is 54.2 Å². The summed E-state index contributed by atoms with van der Waals surface area (Å²) in [6.07, 6.45) is 5.99. The standard InChI is InChI=1S/C16H25N5S.HI/c1-4-14-6-7-15(22-14)11-19-16(17-5-2)18-9-8-13-10-20-21(3)12-13;/h6-7,10,12H,4-5,8-9,11H2,1-3H3,(H2,17,18,19);1H. The minimum atomic E-state index is 0. The van der Waals surface area contributed by atoms with E-state index in [1.807, 2.05) is 35.5 Å². The smallest absolute Gasteiger partial charge is 0.191 e. The normalized spacial score (nSPS) is 11.2. The molecule has 0 radical (unpaired) electrons. The van der Waals surface area contributed by atoms with Crippen LogP contribution in [0.1, 0.15) is 29.2 Å². The summed E-state index contributed by atoms with van der Waals surface area (Å²) >= 11 is 1.84. The fourth-order valence-electron chi connectivity index (χ4n) is 2.12. The van der Waals surface area contributed by atoms with Crippen molar-refractivity contribution in [2.75, 3.05) is 13.1 Å². The molecule has 0 saturated heterocycles. The van der Waals surface area contributed by atoms with Crippen LogP contribution in [-0.4, -0.2) is 28.8 Å². The Kier molecular flexibility index (Phi) is 9.23. The van der Waals surface area contributed by atoms with Gasteiger partial charge in [-0.2, -0.15) is 5.10 Å². The SMILES string of the molecule is CCNC(=NCc1ccc(CC)s1)NCCc1cnn(C)c1.I. The zero-order chi connectivity index (χ0) is 15.8. The molecule has 2 N–H and O–H groups in total. The zero-order valence-electron chi connectivity index (χ0n) is 14.0. The number of guanidine groups is 1. The Hall–Kier alpha value is -1.09. The van der Waals surface area contributed by atoms with Crippen molar-refractivity contribution in [1.29, 1.82) is 0 Å². The van der Waals surface area contributed by atoms with E-state index in [2.05, 4.69) is 46.7 Å². The summed E-state index contributed by atoms with van der Waals surface area (Å²) in [5.41, 5.74) is 1.23. The number of aryl methyl sites for hydroxylation is 2. The molecule has 0 aromatic carbocycles. The predicted octanol–water partition coefficient (Wildman–Crippen LogP) is 2.96. The molecule has 2 rings (SSSR count). The van der Waals surface area contributed by atoms with Crippen molar-refractivity contribution >= 4 is 41.3 Å². The van der Waals surface area contributed by atoms with Gasteiger partial charge in [0.25, 0.3) is 0 Å². The molecule has 0 amide bonds. The maximum Gasteiger partial charge on any atom is 0.191 e. The van der Waals surface area contributed by atoms with Crippen molar-refractivity contribution < 1.29 is 0 Å². The predicted molar refractivity (Wildman–Crippen MR) is 109 cm³/mol. The molecule has 0 fully saturated rings. The Labute approximate surface area is 159 Å². The second-order valence-corrected chi connectivity index (χ2v) is 6.37. The molecule has 2 heterocycles. The van der Waals surface area contributed by atoms with Gasteiger partial charge in [-0.15, -0.1) is 35.3 Å². The van der Waals surface area contributed by atoms with E-state index in [1.54, 1.807) is 0 Å². The molecular formula is C16H26IN5S. The van der Waals surface area contributed by atoms with Gasteiger partial charge in [-0.25, -0.2) is 4.99 Å². The fraction of sp³-hybridized carbons (Fsp3) is 0.500. The van der Waals surface area contributed by atoms with Gasteiger partial charge in [0.05, 0.1) is 12.7 Å². The van der Waals surface area contributed by atoms with E-state index in [9.17, 15) is 0 Å². The highest BCUT2D eigenvalue weighted by molar-refractivity contribution is 14.0. The van der Waals surface area contributed by atoms with Crippen molar-refractivity contribution in [2.24, 2.45) is 12.0 Å². The second-order valence-electron chi connectivity index (χ2n) is 5.12. The third-order valence-corrected chi connectivity index (χ3v) is 4.48. The highest BCUT2D eigenvalue weighted by Crippen LogP contribution is 2.17. The van der Waals surface area contributed by atoms with Crippen molar-refractivity contribution in [3.63, 3.8) is 0 Å². The van der Waals surface area contributed by atoms with Crippen LogP contribution in [0.5, 0.6) is 0 Å². The van der Waals surface area contributed by atoms with Gasteiger partial charge in [-0.3, -0.25) is 4.68 Å². The quantitative estimate of drug-likeness (QED) is 0.390. The molecule has 7 heteroatoms. The maximum atomic E-state index is 4.65. The van der Waals surface area contributed by atoms with Crippen molar-refractivity contribution in [2.45, 2.75) is 33.2 Å². The van der Waals surface area contributed by atoms with Crippen LogP contribution in [0, 0.1) is 0 Å². The number of halogens is 1. The average Bonchev–Trinajstić information content (AvgIpc) is 3.13. The molecule has 2 aromatic heterocycles. The monoisotopic (exact) mass is 447 g/mol. The van der Waals surface area contributed by atoms with E-state index in [1.165, 1.54) is 15.3 Å². The van der Waals surface area contributed by atoms with E-state index in [0.29, 0.717) is 0 Å². The Balaban J connectivity index is 0.00000264. The highest BCUT2D eigenvalue weighted by Gasteiger charge is 2.01. The van der Waals surface area contributed by atoms with E-state index < -0.39 is 0 Å². The number of thiophene rings is 1. The van der Waals surface area contributed by atoms with Gasteiger partial charge < -0.3 is 10.6 Å². The van der Waals surface area contributed by atoms with Crippen molar-refractivity contribution in [3.05, 3.63) is 39.8 Å². The first kappa shape index (κ1) is 20.0. The summed E-state index contributed by atoms with van der Waals surface area (Å²) in [5, 5.41) is 10.8. The third kappa shape index (κ3) is 6.90. The number of nitrogens with zero attached hydrogens (tertiary/aromatic N) is 3. The molecule has 2 aromatic rings. The van der Waals surface area contributed by atoms with Gasteiger partial charge in [0, 0.05) is 36.1 Å². The summed E-state index contributed by atoms with van der Waals surface area (Å²) in [6, 6.07) is 4.37. The largest absolute Gasteiger partial charge is 0.357 e. The van der Waals surface area contributed by atoms with Gasteiger partial charge in [-0.1, -0.05) is 6.92 Å². The minimum Gasteiger partial charge on any atom is -0.357 e. The van der Waals surface area contributed by atoms with Crippen LogP contribution in [0.15, 0.2) is 29.5 Å². The summed E-state index contributed by atoms with van der Waals surface area (Å²) in [4.78, 5) is 7.37. The average molecular weight is 447 g/mol. The second kappa shape index (κ2) is 10.6. The third-order valence-electron chi connectivity index (χ3n) is 3.27. The van der Waals surface area contributed by atoms with Crippen LogP contribution in [-0.2, 0) is 26.4 Å². The zero-order valence-corrected chi connectivity index (χ0v) is 17.1. The van der Waals surface area contributed by atoms with Crippen LogP contribution in [0.2, 0.25) is 0 Å². The lowest BCUT2D eigenvalue weighted by Crippen LogP contribution is -2.38. The van der Waals surface area contributed by atoms with E-state index in [4.69, 9.17) is 0 Å². The molecular weight excluding hydrogens is 421 g/mol. The summed E-state index contributed by atoms with van der Waals surface area (Å²) < 4.78 is 1.83. The lowest BCUT2D eigenvalue weighted by molar-refractivity contribution is 0.765. The first-order valence-corrected chi connectivity index (χ1v) is 8.60. The van der Waals surface area contributed by atoms with E-state index in [0.717, 1.165) is 38.4 Å². The first-order chi connectivity index (χ1) is 10.7. The molecule has 0 atom stereocenters. The van der Waals surface area contributed by atoms with Gasteiger partial charge in [0.1, 0.15) is 0 Å². The minimum absolute atomic E-state index is 0. The molecule has 23 heavy (non-hydrogen) atoms. The number of nitrogens with one attached hydrogen (secondary N) is 2. The molecule has 0 bridgehead atoms. The number of hydrogen-bond acceptors (Lipinski definition) is 3. The summed E-state index contributed by atoms with van der Waals surface area (Å²) in [5.74, 6) is 0.873. The van der Waals surface area contributed by atoms with Crippen molar-refractivity contribution in [1.82, 2.24) is 20.4 Å². The fourth-order valence-corrected chi connectivity index (χ4v) is 3.00. The molecule has 0 unspecified atom stereocenters. The highest BCUT2D eigenvalue weighted by atomic mass is 127. The Bertz CT molecular complexity index is 605. The number of hydrogen-bond donors (Lipinski definition) is 2. The maximum absolute atomic E-state index is 4.65. The van der Waals surface area contributed by atoms with Crippen LogP contribution in [0.4, 0.5) is 0 Å². The number of aromatic nitrogens is 2. The molecule has 0 saturated carbocycles. The van der Waals surface area contributed by atoms with Gasteiger partial charge in [0.15, 0.2) is 5.96 Å². The molecule has 0 aliphatic rings. The Morgan fingerprint density at radius 3 is 2.65 bits per heavy atom. The molecule has 0 aliphatic heterocycles. The molecule has 5 nitrogen and oxygen atoms in total. The van der Waals surface area contributed by atoms with Crippen molar-refractivity contribution in [3.8, 4) is 0 Å². The number of aliphatic imine (C=N–C) groups is 1. The summed E-state index contributed by atoms with van der Waals surface area (Å²) in [7, 11) is 1.94. The first-order valence-electron chi connectivity index (χ1n) is 7.78. The molecule has 0 aliphatic carbocycles. The van der Waals surface area contributed by atoms with Gasteiger partial charge in [0.2, 0.25) is 0 Å². The van der Waals surface area contributed by atoms with Crippen LogP contribution < -0.4 is 10.6 Å². The Morgan fingerprint density at radius 1 is 1.26 bits per heavy atom. The summed E-state index contributed by atoms with van der Waals surface area (Å²) in [6.45, 7) is 6.71. The van der Waals surface area contributed by atoms with Crippen LogP contribution in [0.3, 0.4) is 0 Å². The van der Waals surface area contributed by atoms with E-state index >= 15 is 0 Å². The van der Waals surface area contributed by atoms with Crippen LogP contribution in [0.25, 0.3) is 0 Å². The molecule has 128 valence electrons. The Morgan fingerprint density at radius 2 is 2.04 bits per heavy atom. The molecule has 0 spiro atoms. The number of rotatable bonds is 7. The lowest BCUT2D eigenvalue weighted by Gasteiger charge is -2.10. The van der Waals surface area contributed by atoms with Crippen LogP contribution >= 0.6 is 35.3 Å². The van der Waals surface area contributed by atoms with E-state index in [-0.39, 0.29) is 24.0 Å². The lowest BCUT2D eigenvalue weighted by atomic mass is 10.2. The van der Waals surface area contributed by atoms with Gasteiger partial charge >= 0.3 is 0 Å². The van der Waals surface area contributed by atoms with Gasteiger partial charge in [-0.05, 0) is 37.5 Å².